The molecule has 0 radical (unpaired) electrons. The van der Waals surface area contributed by atoms with Crippen LogP contribution < -0.4 is 15.8 Å². The van der Waals surface area contributed by atoms with E-state index in [4.69, 9.17) is 15.7 Å². The van der Waals surface area contributed by atoms with Gasteiger partial charge in [0.05, 0.1) is 5.69 Å². The number of hydrogen-bond donors (Lipinski definition) is 3. The van der Waals surface area contributed by atoms with E-state index < -0.39 is 6.09 Å². The summed E-state index contributed by atoms with van der Waals surface area (Å²) in [6, 6.07) is 15.3. The molecule has 20 heavy (non-hydrogen) atoms. The molecule has 0 heterocycles. The topological polar surface area (TPSA) is 96.9 Å². The SMILES string of the molecule is N/C(=N/O)c1ccccc1NC(=O)Oc1ccccc1. The molecule has 0 bridgehead atoms. The van der Waals surface area contributed by atoms with Gasteiger partial charge in [-0.05, 0) is 24.3 Å². The van der Waals surface area contributed by atoms with Gasteiger partial charge in [-0.2, -0.15) is 0 Å². The van der Waals surface area contributed by atoms with E-state index in [0.717, 1.165) is 0 Å². The lowest BCUT2D eigenvalue weighted by molar-refractivity contribution is 0.215. The lowest BCUT2D eigenvalue weighted by Crippen LogP contribution is -2.21. The summed E-state index contributed by atoms with van der Waals surface area (Å²) in [6.45, 7) is 0. The highest BCUT2D eigenvalue weighted by Gasteiger charge is 2.10. The van der Waals surface area contributed by atoms with Crippen molar-refractivity contribution in [3.05, 3.63) is 60.2 Å². The highest BCUT2D eigenvalue weighted by Crippen LogP contribution is 2.16. The molecule has 4 N–H and O–H groups in total. The molecule has 0 unspecified atom stereocenters. The molecule has 0 aromatic heterocycles. The standard InChI is InChI=1S/C14H13N3O3/c15-13(17-19)11-8-4-5-9-12(11)16-14(18)20-10-6-2-1-3-7-10/h1-9,19H,(H2,15,17)(H,16,18). The third-order valence-electron chi connectivity index (χ3n) is 2.50. The van der Waals surface area contributed by atoms with Crippen LogP contribution in [0.3, 0.4) is 0 Å². The van der Waals surface area contributed by atoms with E-state index in [1.165, 1.54) is 0 Å². The fraction of sp³-hybridized carbons (Fsp3) is 0. The van der Waals surface area contributed by atoms with Crippen LogP contribution in [-0.2, 0) is 0 Å². The van der Waals surface area contributed by atoms with E-state index in [1.54, 1.807) is 48.5 Å². The maximum Gasteiger partial charge on any atom is 0.417 e. The van der Waals surface area contributed by atoms with Gasteiger partial charge < -0.3 is 15.7 Å². The third kappa shape index (κ3) is 3.26. The second-order valence-electron chi connectivity index (χ2n) is 3.86. The van der Waals surface area contributed by atoms with E-state index in [1.807, 2.05) is 6.07 Å². The van der Waals surface area contributed by atoms with Gasteiger partial charge in [0.1, 0.15) is 5.75 Å². The highest BCUT2D eigenvalue weighted by molar-refractivity contribution is 6.04. The van der Waals surface area contributed by atoms with Crippen LogP contribution in [0.1, 0.15) is 5.56 Å². The van der Waals surface area contributed by atoms with Crippen LogP contribution in [0.25, 0.3) is 0 Å². The first-order chi connectivity index (χ1) is 9.70. The molecule has 0 spiro atoms. The van der Waals surface area contributed by atoms with Gasteiger partial charge in [-0.25, -0.2) is 4.79 Å². The summed E-state index contributed by atoms with van der Waals surface area (Å²) in [5.41, 5.74) is 6.33. The third-order valence-corrected chi connectivity index (χ3v) is 2.50. The van der Waals surface area contributed by atoms with Crippen molar-refractivity contribution in [2.24, 2.45) is 10.9 Å². The van der Waals surface area contributed by atoms with Gasteiger partial charge in [0, 0.05) is 5.56 Å². The van der Waals surface area contributed by atoms with Gasteiger partial charge in [0.15, 0.2) is 5.84 Å². The Bertz CT molecular complexity index is 627. The molecule has 2 aromatic carbocycles. The lowest BCUT2D eigenvalue weighted by Gasteiger charge is -2.10. The number of carbonyl (C=O) groups excluding carboxylic acids is 1. The fourth-order valence-corrected chi connectivity index (χ4v) is 1.60. The molecule has 0 atom stereocenters. The first-order valence-corrected chi connectivity index (χ1v) is 5.81. The number of rotatable bonds is 3. The molecule has 0 saturated carbocycles. The first-order valence-electron chi connectivity index (χ1n) is 5.81. The number of nitrogens with one attached hydrogen (secondary N) is 1. The minimum absolute atomic E-state index is 0.0967. The minimum Gasteiger partial charge on any atom is -0.410 e. The normalized spacial score (nSPS) is 10.9. The summed E-state index contributed by atoms with van der Waals surface area (Å²) in [5.74, 6) is 0.326. The van der Waals surface area contributed by atoms with Crippen molar-refractivity contribution in [3.8, 4) is 5.75 Å². The van der Waals surface area contributed by atoms with Crippen LogP contribution in [0.15, 0.2) is 59.8 Å². The molecule has 0 aliphatic heterocycles. The lowest BCUT2D eigenvalue weighted by atomic mass is 10.1. The van der Waals surface area contributed by atoms with Crippen LogP contribution in [0.5, 0.6) is 5.75 Å². The van der Waals surface area contributed by atoms with Crippen molar-refractivity contribution in [1.29, 1.82) is 0 Å². The number of amides is 1. The molecular weight excluding hydrogens is 258 g/mol. The zero-order valence-electron chi connectivity index (χ0n) is 10.5. The molecule has 0 fully saturated rings. The van der Waals surface area contributed by atoms with Crippen molar-refractivity contribution in [2.45, 2.75) is 0 Å². The Hall–Kier alpha value is -3.02. The number of oxime groups is 1. The van der Waals surface area contributed by atoms with E-state index in [2.05, 4.69) is 10.5 Å². The van der Waals surface area contributed by atoms with Gasteiger partial charge in [-0.3, -0.25) is 5.32 Å². The van der Waals surface area contributed by atoms with E-state index in [0.29, 0.717) is 17.0 Å². The second kappa shape index (κ2) is 6.24. The Kier molecular flexibility index (Phi) is 4.18. The number of nitrogens with zero attached hydrogens (tertiary/aromatic N) is 1. The largest absolute Gasteiger partial charge is 0.417 e. The van der Waals surface area contributed by atoms with Crippen LogP contribution in [0.4, 0.5) is 10.5 Å². The van der Waals surface area contributed by atoms with E-state index in [-0.39, 0.29) is 5.84 Å². The van der Waals surface area contributed by atoms with Crippen LogP contribution in [0.2, 0.25) is 0 Å². The molecule has 6 nitrogen and oxygen atoms in total. The van der Waals surface area contributed by atoms with Crippen molar-refractivity contribution < 1.29 is 14.7 Å². The fourth-order valence-electron chi connectivity index (χ4n) is 1.60. The average molecular weight is 271 g/mol. The Morgan fingerprint density at radius 3 is 2.45 bits per heavy atom. The molecule has 0 saturated heterocycles. The van der Waals surface area contributed by atoms with Crippen molar-refractivity contribution >= 4 is 17.6 Å². The number of para-hydroxylation sites is 2. The average Bonchev–Trinajstić information content (AvgIpc) is 2.48. The number of ether oxygens (including phenoxy) is 1. The minimum atomic E-state index is -0.658. The van der Waals surface area contributed by atoms with Crippen molar-refractivity contribution in [1.82, 2.24) is 0 Å². The molecular formula is C14H13N3O3. The summed E-state index contributed by atoms with van der Waals surface area (Å²) in [7, 11) is 0. The smallest absolute Gasteiger partial charge is 0.410 e. The van der Waals surface area contributed by atoms with Gasteiger partial charge in [-0.1, -0.05) is 35.5 Å². The second-order valence-corrected chi connectivity index (χ2v) is 3.86. The van der Waals surface area contributed by atoms with Crippen LogP contribution in [0, 0.1) is 0 Å². The predicted molar refractivity (Wildman–Crippen MR) is 75.0 cm³/mol. The molecule has 2 aromatic rings. The van der Waals surface area contributed by atoms with Crippen molar-refractivity contribution in [3.63, 3.8) is 0 Å². The molecule has 0 aliphatic rings. The summed E-state index contributed by atoms with van der Waals surface area (Å²) >= 11 is 0. The van der Waals surface area contributed by atoms with Gasteiger partial charge in [-0.15, -0.1) is 0 Å². The monoisotopic (exact) mass is 271 g/mol. The number of carbonyl (C=O) groups is 1. The van der Waals surface area contributed by atoms with E-state index in [9.17, 15) is 4.79 Å². The molecule has 0 aliphatic carbocycles. The number of nitrogens with two attached hydrogens (primary N) is 1. The molecule has 6 heteroatoms. The Balaban J connectivity index is 2.12. The first kappa shape index (κ1) is 13.4. The summed E-state index contributed by atoms with van der Waals surface area (Å²) in [4.78, 5) is 11.8. The van der Waals surface area contributed by atoms with Crippen molar-refractivity contribution in [2.75, 3.05) is 5.32 Å². The molecule has 102 valence electrons. The number of benzene rings is 2. The summed E-state index contributed by atoms with van der Waals surface area (Å²) < 4.78 is 5.09. The number of anilines is 1. The Labute approximate surface area is 115 Å². The zero-order chi connectivity index (χ0) is 14.4. The van der Waals surface area contributed by atoms with Crippen LogP contribution in [-0.4, -0.2) is 17.1 Å². The van der Waals surface area contributed by atoms with Gasteiger partial charge in [0.2, 0.25) is 0 Å². The highest BCUT2D eigenvalue weighted by atomic mass is 16.6. The Morgan fingerprint density at radius 2 is 1.75 bits per heavy atom. The number of hydrogen-bond acceptors (Lipinski definition) is 4. The number of amidine groups is 1. The summed E-state index contributed by atoms with van der Waals surface area (Å²) in [5, 5.41) is 14.2. The quantitative estimate of drug-likeness (QED) is 0.345. The predicted octanol–water partition coefficient (Wildman–Crippen LogP) is 2.39. The molecule has 1 amide bonds. The van der Waals surface area contributed by atoms with Crippen LogP contribution >= 0.6 is 0 Å². The summed E-state index contributed by atoms with van der Waals surface area (Å²) in [6.07, 6.45) is -0.658. The maximum atomic E-state index is 11.8. The molecule has 2 rings (SSSR count). The zero-order valence-corrected chi connectivity index (χ0v) is 10.5. The van der Waals surface area contributed by atoms with Gasteiger partial charge >= 0.3 is 6.09 Å². The van der Waals surface area contributed by atoms with Gasteiger partial charge in [0.25, 0.3) is 0 Å². The Morgan fingerprint density at radius 1 is 1.10 bits per heavy atom. The maximum absolute atomic E-state index is 11.8. The van der Waals surface area contributed by atoms with E-state index >= 15 is 0 Å².